The first-order chi connectivity index (χ1) is 14.8. The lowest BCUT2D eigenvalue weighted by molar-refractivity contribution is -0.118. The predicted octanol–water partition coefficient (Wildman–Crippen LogP) is 5.89. The third-order valence-corrected chi connectivity index (χ3v) is 6.65. The molecule has 4 heteroatoms. The molecule has 2 aliphatic carbocycles. The number of Topliss-reactive ketones (excluding diaryl/α,β-unsaturated/α-hetero) is 2. The van der Waals surface area contributed by atoms with Crippen LogP contribution in [0.5, 0.6) is 0 Å². The van der Waals surface area contributed by atoms with Crippen LogP contribution in [0.2, 0.25) is 0 Å². The molecule has 31 heavy (non-hydrogen) atoms. The lowest BCUT2D eigenvalue weighted by Gasteiger charge is -2.44. The first-order valence-corrected chi connectivity index (χ1v) is 11.0. The lowest BCUT2D eigenvalue weighted by atomic mass is 9.68. The van der Waals surface area contributed by atoms with E-state index in [0.717, 1.165) is 47.5 Å². The zero-order valence-electron chi connectivity index (χ0n) is 18.2. The zero-order chi connectivity index (χ0) is 21.9. The second kappa shape index (κ2) is 7.01. The summed E-state index contributed by atoms with van der Waals surface area (Å²) in [6.07, 6.45) is 2.13. The fraction of sp³-hybridized carbons (Fsp3) is 0.333. The van der Waals surface area contributed by atoms with E-state index in [1.165, 1.54) is 12.1 Å². The van der Waals surface area contributed by atoms with Crippen molar-refractivity contribution in [2.45, 2.75) is 46.0 Å². The second-order valence-electron chi connectivity index (χ2n) is 9.57. The molecule has 1 heterocycles. The van der Waals surface area contributed by atoms with E-state index in [0.29, 0.717) is 17.6 Å². The lowest BCUT2D eigenvalue weighted by Crippen LogP contribution is -2.39. The first kappa shape index (κ1) is 19.9. The van der Waals surface area contributed by atoms with Crippen molar-refractivity contribution in [3.8, 4) is 0 Å². The smallest absolute Gasteiger partial charge is 0.192 e. The number of allylic oxidation sites excluding steroid dienone is 3. The van der Waals surface area contributed by atoms with E-state index in [1.807, 2.05) is 24.3 Å². The summed E-state index contributed by atoms with van der Waals surface area (Å²) in [6.45, 7) is 7.12. The molecule has 0 radical (unpaired) electrons. The Morgan fingerprint density at radius 2 is 1.65 bits per heavy atom. The normalized spacial score (nSPS) is 21.9. The van der Waals surface area contributed by atoms with Gasteiger partial charge in [-0.3, -0.25) is 9.59 Å². The molecule has 2 aromatic carbocycles. The van der Waals surface area contributed by atoms with E-state index in [9.17, 15) is 14.0 Å². The summed E-state index contributed by atoms with van der Waals surface area (Å²) < 4.78 is 13.7. The van der Waals surface area contributed by atoms with Crippen LogP contribution in [0.4, 0.5) is 4.39 Å². The minimum atomic E-state index is -0.456. The van der Waals surface area contributed by atoms with Crippen LogP contribution < -0.4 is 0 Å². The van der Waals surface area contributed by atoms with E-state index < -0.39 is 5.92 Å². The van der Waals surface area contributed by atoms with Gasteiger partial charge in [0, 0.05) is 46.9 Å². The number of rotatable bonds is 3. The van der Waals surface area contributed by atoms with E-state index in [2.05, 4.69) is 25.7 Å². The average molecular weight is 416 g/mol. The van der Waals surface area contributed by atoms with Gasteiger partial charge in [-0.1, -0.05) is 57.2 Å². The van der Waals surface area contributed by atoms with E-state index in [-0.39, 0.29) is 22.8 Å². The Morgan fingerprint density at radius 3 is 2.32 bits per heavy atom. The number of nitrogens with zero attached hydrogens (tertiary/aromatic N) is 1. The number of ketones is 2. The number of halogens is 1. The zero-order valence-corrected chi connectivity index (χ0v) is 18.2. The fourth-order valence-corrected chi connectivity index (χ4v) is 5.45. The molecule has 0 N–H and O–H groups in total. The highest BCUT2D eigenvalue weighted by Crippen LogP contribution is 2.55. The van der Waals surface area contributed by atoms with Crippen LogP contribution in [-0.4, -0.2) is 23.0 Å². The molecule has 5 rings (SSSR count). The van der Waals surface area contributed by atoms with Crippen LogP contribution in [0.1, 0.15) is 67.4 Å². The largest absolute Gasteiger partial charge is 0.344 e. The number of fused-ring (bicyclic) bond motifs is 2. The number of benzene rings is 2. The first-order valence-electron chi connectivity index (χ1n) is 11.0. The number of hydrogen-bond acceptors (Lipinski definition) is 3. The van der Waals surface area contributed by atoms with Crippen molar-refractivity contribution < 1.29 is 14.0 Å². The maximum absolute atomic E-state index is 13.7. The van der Waals surface area contributed by atoms with Gasteiger partial charge in [-0.05, 0) is 36.0 Å². The van der Waals surface area contributed by atoms with Crippen LogP contribution >= 0.6 is 0 Å². The summed E-state index contributed by atoms with van der Waals surface area (Å²) in [6, 6.07) is 14.0. The van der Waals surface area contributed by atoms with Crippen LogP contribution in [0.15, 0.2) is 65.4 Å². The molecule has 1 atom stereocenters. The van der Waals surface area contributed by atoms with Crippen molar-refractivity contribution in [2.24, 2.45) is 5.41 Å². The third-order valence-electron chi connectivity index (χ3n) is 6.65. The number of carbonyl (C=O) groups is 2. The van der Waals surface area contributed by atoms with E-state index in [1.54, 1.807) is 12.1 Å². The predicted molar refractivity (Wildman–Crippen MR) is 119 cm³/mol. The molecular weight excluding hydrogens is 389 g/mol. The van der Waals surface area contributed by atoms with Crippen LogP contribution in [-0.2, 0) is 4.79 Å². The van der Waals surface area contributed by atoms with Gasteiger partial charge in [0.15, 0.2) is 11.6 Å². The van der Waals surface area contributed by atoms with Gasteiger partial charge in [-0.25, -0.2) is 4.39 Å². The Morgan fingerprint density at radius 1 is 0.968 bits per heavy atom. The average Bonchev–Trinajstić information content (AvgIpc) is 3.02. The maximum atomic E-state index is 13.7. The highest BCUT2D eigenvalue weighted by Gasteiger charge is 2.48. The molecular formula is C27H26FNO2. The number of hydrogen-bond donors (Lipinski definition) is 0. The monoisotopic (exact) mass is 415 g/mol. The molecule has 3 nitrogen and oxygen atoms in total. The maximum Gasteiger partial charge on any atom is 0.192 e. The van der Waals surface area contributed by atoms with Crippen molar-refractivity contribution in [3.05, 3.63) is 87.9 Å². The summed E-state index contributed by atoms with van der Waals surface area (Å²) in [4.78, 5) is 29.4. The minimum absolute atomic E-state index is 0.0230. The van der Waals surface area contributed by atoms with Gasteiger partial charge in [0.05, 0.1) is 5.70 Å². The second-order valence-corrected chi connectivity index (χ2v) is 9.57. The van der Waals surface area contributed by atoms with Crippen molar-refractivity contribution in [1.29, 1.82) is 0 Å². The molecule has 0 aromatic heterocycles. The summed E-state index contributed by atoms with van der Waals surface area (Å²) in [5.41, 5.74) is 5.62. The van der Waals surface area contributed by atoms with E-state index >= 15 is 0 Å². The van der Waals surface area contributed by atoms with Crippen molar-refractivity contribution in [1.82, 2.24) is 4.90 Å². The molecule has 0 saturated carbocycles. The summed E-state index contributed by atoms with van der Waals surface area (Å²) in [5, 5.41) is 0. The van der Waals surface area contributed by atoms with Crippen molar-refractivity contribution >= 4 is 17.3 Å². The Balaban J connectivity index is 1.81. The van der Waals surface area contributed by atoms with Gasteiger partial charge >= 0.3 is 0 Å². The summed E-state index contributed by atoms with van der Waals surface area (Å²) in [5.74, 6) is -0.711. The quantitative estimate of drug-likeness (QED) is 0.628. The third kappa shape index (κ3) is 3.00. The minimum Gasteiger partial charge on any atom is -0.344 e. The van der Waals surface area contributed by atoms with Gasteiger partial charge < -0.3 is 4.90 Å². The Hall–Kier alpha value is -3.01. The Kier molecular flexibility index (Phi) is 4.51. The van der Waals surface area contributed by atoms with E-state index in [4.69, 9.17) is 0 Å². The molecule has 0 fully saturated rings. The van der Waals surface area contributed by atoms with Crippen molar-refractivity contribution in [3.63, 3.8) is 0 Å². The van der Waals surface area contributed by atoms with Gasteiger partial charge in [0.25, 0.3) is 0 Å². The molecule has 0 spiro atoms. The topological polar surface area (TPSA) is 37.4 Å². The van der Waals surface area contributed by atoms with Gasteiger partial charge in [-0.15, -0.1) is 0 Å². The summed E-state index contributed by atoms with van der Waals surface area (Å²) in [7, 11) is 0. The molecule has 2 aromatic rings. The van der Waals surface area contributed by atoms with Crippen LogP contribution in [0.25, 0.3) is 5.70 Å². The number of carbonyl (C=O) groups excluding carboxylic acids is 2. The molecule has 0 amide bonds. The van der Waals surface area contributed by atoms with Gasteiger partial charge in [-0.2, -0.15) is 0 Å². The Labute approximate surface area is 182 Å². The molecule has 158 valence electrons. The van der Waals surface area contributed by atoms with Crippen molar-refractivity contribution in [2.75, 3.05) is 6.54 Å². The highest BCUT2D eigenvalue weighted by molar-refractivity contribution is 6.23. The molecule has 0 bridgehead atoms. The highest BCUT2D eigenvalue weighted by atomic mass is 19.1. The fourth-order valence-electron chi connectivity index (χ4n) is 5.45. The molecule has 1 unspecified atom stereocenters. The Bertz CT molecular complexity index is 1170. The molecule has 0 saturated heterocycles. The standard InChI is InChI=1S/C27H26FNO2/c1-4-13-29-20-14-27(2,3)15-21(30)23(20)22(16-9-11-17(28)12-10-16)24-25(29)18-7-5-6-8-19(18)26(24)31/h5-12,22H,4,13-15H2,1-3H3. The van der Waals surface area contributed by atoms with Crippen LogP contribution in [0, 0.1) is 11.2 Å². The van der Waals surface area contributed by atoms with Gasteiger partial charge in [0.2, 0.25) is 0 Å². The van der Waals surface area contributed by atoms with Crippen LogP contribution in [0.3, 0.4) is 0 Å². The summed E-state index contributed by atoms with van der Waals surface area (Å²) >= 11 is 0. The SMILES string of the molecule is CCCN1C2=C(C(=O)CC(C)(C)C2)C(c2ccc(F)cc2)C2=C1c1ccccc1C2=O. The molecule has 1 aliphatic heterocycles. The van der Waals surface area contributed by atoms with Gasteiger partial charge in [0.1, 0.15) is 5.82 Å². The molecule has 3 aliphatic rings.